The zero-order valence-corrected chi connectivity index (χ0v) is 11.3. The molecule has 0 unspecified atom stereocenters. The van der Waals surface area contributed by atoms with Crippen LogP contribution >= 0.6 is 0 Å². The van der Waals surface area contributed by atoms with E-state index in [4.69, 9.17) is 5.11 Å². The van der Waals surface area contributed by atoms with Crippen molar-refractivity contribution in [2.24, 2.45) is 23.7 Å². The summed E-state index contributed by atoms with van der Waals surface area (Å²) in [6.45, 7) is 0. The van der Waals surface area contributed by atoms with Crippen LogP contribution in [0.2, 0.25) is 0 Å². The van der Waals surface area contributed by atoms with Crippen molar-refractivity contribution in [3.05, 3.63) is 0 Å². The Morgan fingerprint density at radius 2 is 1.42 bits per heavy atom. The van der Waals surface area contributed by atoms with Crippen molar-refractivity contribution >= 4 is 11.9 Å². The first kappa shape index (κ1) is 12.9. The normalized spacial score (nSPS) is 31.2. The predicted octanol–water partition coefficient (Wildman–Crippen LogP) is 2.18. The van der Waals surface area contributed by atoms with Crippen LogP contribution in [0.5, 0.6) is 0 Å². The minimum atomic E-state index is -0.682. The molecule has 0 aromatic rings. The van der Waals surface area contributed by atoms with E-state index < -0.39 is 5.97 Å². The van der Waals surface area contributed by atoms with Crippen LogP contribution in [-0.4, -0.2) is 23.0 Å². The van der Waals surface area contributed by atoms with Crippen molar-refractivity contribution in [2.75, 3.05) is 0 Å². The Labute approximate surface area is 113 Å². The molecule has 1 amide bonds. The molecule has 0 aromatic carbocycles. The highest BCUT2D eigenvalue weighted by Gasteiger charge is 2.45. The molecule has 3 aliphatic rings. The molecule has 3 saturated carbocycles. The minimum Gasteiger partial charge on any atom is -0.481 e. The zero-order chi connectivity index (χ0) is 13.4. The fourth-order valence-electron chi connectivity index (χ4n) is 3.51. The summed E-state index contributed by atoms with van der Waals surface area (Å²) in [6.07, 6.45) is 7.95. The van der Waals surface area contributed by atoms with E-state index in [0.29, 0.717) is 24.7 Å². The van der Waals surface area contributed by atoms with Crippen molar-refractivity contribution < 1.29 is 14.7 Å². The summed E-state index contributed by atoms with van der Waals surface area (Å²) in [4.78, 5) is 23.3. The van der Waals surface area contributed by atoms with Crippen molar-refractivity contribution in [3.8, 4) is 0 Å². The number of aliphatic carboxylic acids is 1. The Bertz CT molecular complexity index is 354. The number of carboxylic acid groups (broad SMARTS) is 1. The SMILES string of the molecule is O=C(O)C1CCC(NC(=O)C(C2CC2)C2CC2)CC1. The maximum atomic E-state index is 12.4. The second-order valence-corrected chi connectivity index (χ2v) is 6.60. The lowest BCUT2D eigenvalue weighted by Crippen LogP contribution is -2.42. The minimum absolute atomic E-state index is 0.198. The van der Waals surface area contributed by atoms with Gasteiger partial charge in [-0.25, -0.2) is 0 Å². The van der Waals surface area contributed by atoms with Crippen molar-refractivity contribution in [1.29, 1.82) is 0 Å². The first-order valence-corrected chi connectivity index (χ1v) is 7.68. The lowest BCUT2D eigenvalue weighted by Gasteiger charge is -2.28. The number of carboxylic acids is 1. The van der Waals surface area contributed by atoms with Gasteiger partial charge in [0.25, 0.3) is 0 Å². The Hall–Kier alpha value is -1.06. The van der Waals surface area contributed by atoms with Crippen molar-refractivity contribution in [3.63, 3.8) is 0 Å². The molecule has 0 radical (unpaired) electrons. The number of carbonyl (C=O) groups is 2. The molecule has 4 heteroatoms. The number of carbonyl (C=O) groups excluding carboxylic acids is 1. The molecule has 0 atom stereocenters. The van der Waals surface area contributed by atoms with E-state index in [0.717, 1.165) is 12.8 Å². The van der Waals surface area contributed by atoms with Gasteiger partial charge in [0.05, 0.1) is 5.92 Å². The highest BCUT2D eigenvalue weighted by atomic mass is 16.4. The first-order chi connectivity index (χ1) is 9.15. The third kappa shape index (κ3) is 3.10. The highest BCUT2D eigenvalue weighted by molar-refractivity contribution is 5.80. The van der Waals surface area contributed by atoms with Crippen LogP contribution in [0.3, 0.4) is 0 Å². The number of hydrogen-bond donors (Lipinski definition) is 2. The average molecular weight is 265 g/mol. The maximum absolute atomic E-state index is 12.4. The first-order valence-electron chi connectivity index (χ1n) is 7.68. The van der Waals surface area contributed by atoms with Gasteiger partial charge in [0, 0.05) is 12.0 Å². The van der Waals surface area contributed by atoms with Gasteiger partial charge in [-0.15, -0.1) is 0 Å². The summed E-state index contributed by atoms with van der Waals surface area (Å²) >= 11 is 0. The fourth-order valence-corrected chi connectivity index (χ4v) is 3.51. The molecule has 3 aliphatic carbocycles. The summed E-state index contributed by atoms with van der Waals surface area (Å²) in [6, 6.07) is 0.211. The molecule has 0 saturated heterocycles. The van der Waals surface area contributed by atoms with E-state index in [1.807, 2.05) is 0 Å². The monoisotopic (exact) mass is 265 g/mol. The molecule has 106 valence electrons. The fraction of sp³-hybridized carbons (Fsp3) is 0.867. The van der Waals surface area contributed by atoms with Crippen molar-refractivity contribution in [1.82, 2.24) is 5.32 Å². The van der Waals surface area contributed by atoms with Crippen LogP contribution < -0.4 is 5.32 Å². The standard InChI is InChI=1S/C15H23NO3/c17-14(13(9-1-2-9)10-3-4-10)16-12-7-5-11(6-8-12)15(18)19/h9-13H,1-8H2,(H,16,17)(H,18,19). The number of hydrogen-bond acceptors (Lipinski definition) is 2. The van der Waals surface area contributed by atoms with Gasteiger partial charge in [0.2, 0.25) is 5.91 Å². The van der Waals surface area contributed by atoms with Gasteiger partial charge in [-0.1, -0.05) is 0 Å². The van der Waals surface area contributed by atoms with E-state index in [2.05, 4.69) is 5.32 Å². The average Bonchev–Trinajstić information content (AvgIpc) is 3.24. The van der Waals surface area contributed by atoms with E-state index in [9.17, 15) is 9.59 Å². The predicted molar refractivity (Wildman–Crippen MR) is 70.5 cm³/mol. The second-order valence-electron chi connectivity index (χ2n) is 6.60. The molecular formula is C15H23NO3. The van der Waals surface area contributed by atoms with Gasteiger partial charge in [0.1, 0.15) is 0 Å². The van der Waals surface area contributed by atoms with Crippen LogP contribution in [-0.2, 0) is 9.59 Å². The summed E-state index contributed by atoms with van der Waals surface area (Å²) in [5.74, 6) is 0.918. The molecule has 0 heterocycles. The van der Waals surface area contributed by atoms with E-state index >= 15 is 0 Å². The number of rotatable bonds is 5. The topological polar surface area (TPSA) is 66.4 Å². The summed E-state index contributed by atoms with van der Waals surface area (Å²) < 4.78 is 0. The molecule has 0 bridgehead atoms. The van der Waals surface area contributed by atoms with Gasteiger partial charge in [-0.3, -0.25) is 9.59 Å². The summed E-state index contributed by atoms with van der Waals surface area (Å²) in [5, 5.41) is 12.2. The Morgan fingerprint density at radius 1 is 0.895 bits per heavy atom. The van der Waals surface area contributed by atoms with Gasteiger partial charge >= 0.3 is 5.97 Å². The third-order valence-corrected chi connectivity index (χ3v) is 4.99. The molecule has 0 aliphatic heterocycles. The van der Waals surface area contributed by atoms with E-state index in [1.54, 1.807) is 0 Å². The maximum Gasteiger partial charge on any atom is 0.306 e. The Morgan fingerprint density at radius 3 is 1.84 bits per heavy atom. The van der Waals surface area contributed by atoms with Crippen molar-refractivity contribution in [2.45, 2.75) is 57.4 Å². The molecule has 4 nitrogen and oxygen atoms in total. The van der Waals surface area contributed by atoms with Crippen LogP contribution in [0.1, 0.15) is 51.4 Å². The van der Waals surface area contributed by atoms with Crippen LogP contribution in [0.25, 0.3) is 0 Å². The smallest absolute Gasteiger partial charge is 0.306 e. The summed E-state index contributed by atoms with van der Waals surface area (Å²) in [5.41, 5.74) is 0. The molecule has 2 N–H and O–H groups in total. The van der Waals surface area contributed by atoms with Crippen LogP contribution in [0.4, 0.5) is 0 Å². The molecular weight excluding hydrogens is 242 g/mol. The number of amides is 1. The third-order valence-electron chi connectivity index (χ3n) is 4.99. The Balaban J connectivity index is 1.48. The number of nitrogens with one attached hydrogen (secondary N) is 1. The lowest BCUT2D eigenvalue weighted by molar-refractivity contribution is -0.142. The second kappa shape index (κ2) is 5.14. The quantitative estimate of drug-likeness (QED) is 0.800. The zero-order valence-electron chi connectivity index (χ0n) is 11.3. The van der Waals surface area contributed by atoms with Crippen LogP contribution in [0, 0.1) is 23.7 Å². The summed E-state index contributed by atoms with van der Waals surface area (Å²) in [7, 11) is 0. The van der Waals surface area contributed by atoms with E-state index in [-0.39, 0.29) is 23.8 Å². The molecule has 0 aromatic heterocycles. The van der Waals surface area contributed by atoms with Crippen LogP contribution in [0.15, 0.2) is 0 Å². The van der Waals surface area contributed by atoms with Gasteiger partial charge in [-0.2, -0.15) is 0 Å². The van der Waals surface area contributed by atoms with Gasteiger partial charge < -0.3 is 10.4 Å². The largest absolute Gasteiger partial charge is 0.481 e. The molecule has 3 rings (SSSR count). The van der Waals surface area contributed by atoms with Gasteiger partial charge in [0.15, 0.2) is 0 Å². The lowest BCUT2D eigenvalue weighted by atomic mass is 9.85. The molecule has 3 fully saturated rings. The highest BCUT2D eigenvalue weighted by Crippen LogP contribution is 2.49. The Kier molecular flexibility index (Phi) is 3.50. The molecule has 0 spiro atoms. The molecule has 19 heavy (non-hydrogen) atoms. The van der Waals surface area contributed by atoms with Gasteiger partial charge in [-0.05, 0) is 63.2 Å². The van der Waals surface area contributed by atoms with E-state index in [1.165, 1.54) is 25.7 Å².